The molecule has 3 atom stereocenters. The first kappa shape index (κ1) is 16.3. The van der Waals surface area contributed by atoms with Crippen LogP contribution in [0.3, 0.4) is 0 Å². The number of carboxylic acids is 1. The van der Waals surface area contributed by atoms with Gasteiger partial charge in [0.25, 0.3) is 0 Å². The molecule has 1 N–H and O–H groups in total. The van der Waals surface area contributed by atoms with Crippen LogP contribution in [0, 0.1) is 5.92 Å². The molecule has 2 aliphatic rings. The van der Waals surface area contributed by atoms with Crippen LogP contribution in [0.5, 0.6) is 0 Å². The van der Waals surface area contributed by atoms with Gasteiger partial charge in [-0.25, -0.2) is 0 Å². The monoisotopic (exact) mass is 341 g/mol. The highest BCUT2D eigenvalue weighted by molar-refractivity contribution is 5.74. The molecule has 1 aromatic carbocycles. The van der Waals surface area contributed by atoms with Gasteiger partial charge in [0.15, 0.2) is 5.82 Å². The van der Waals surface area contributed by atoms with Gasteiger partial charge in [0, 0.05) is 12.5 Å². The zero-order chi connectivity index (χ0) is 17.2. The van der Waals surface area contributed by atoms with Gasteiger partial charge in [-0.2, -0.15) is 4.98 Å². The number of aliphatic carboxylic acids is 1. The Morgan fingerprint density at radius 2 is 2.04 bits per heavy atom. The first-order valence-electron chi connectivity index (χ1n) is 9.04. The van der Waals surface area contributed by atoms with Crippen LogP contribution in [0.4, 0.5) is 0 Å². The minimum atomic E-state index is -0.738. The lowest BCUT2D eigenvalue weighted by molar-refractivity contribution is -0.143. The summed E-state index contributed by atoms with van der Waals surface area (Å²) < 4.78 is 5.41. The van der Waals surface area contributed by atoms with Gasteiger partial charge < -0.3 is 9.63 Å². The zero-order valence-corrected chi connectivity index (χ0v) is 14.2. The van der Waals surface area contributed by atoms with Crippen LogP contribution in [0.15, 0.2) is 34.9 Å². The Bertz CT molecular complexity index is 731. The molecule has 1 saturated carbocycles. The normalized spacial score (nSPS) is 26.5. The number of rotatable bonds is 5. The lowest BCUT2D eigenvalue weighted by Crippen LogP contribution is -2.41. The molecule has 2 fully saturated rings. The Morgan fingerprint density at radius 1 is 1.24 bits per heavy atom. The Morgan fingerprint density at radius 3 is 2.84 bits per heavy atom. The smallest absolute Gasteiger partial charge is 0.320 e. The van der Waals surface area contributed by atoms with E-state index in [0.29, 0.717) is 36.6 Å². The van der Waals surface area contributed by atoms with Crippen molar-refractivity contribution in [2.45, 2.75) is 57.2 Å². The summed E-state index contributed by atoms with van der Waals surface area (Å²) in [5.74, 6) is 0.913. The summed E-state index contributed by atoms with van der Waals surface area (Å²) in [6.45, 7) is 0.430. The van der Waals surface area contributed by atoms with E-state index in [0.717, 1.165) is 24.8 Å². The maximum Gasteiger partial charge on any atom is 0.320 e. The summed E-state index contributed by atoms with van der Waals surface area (Å²) in [6.07, 6.45) is 5.95. The SMILES string of the molecule is O=C(O)C1CC2CCCCC2N1Cc1nc(Cc2ccccc2)no1. The maximum absolute atomic E-state index is 11.7. The van der Waals surface area contributed by atoms with Crippen LogP contribution < -0.4 is 0 Å². The molecule has 3 unspecified atom stereocenters. The predicted octanol–water partition coefficient (Wildman–Crippen LogP) is 2.88. The fourth-order valence-electron chi connectivity index (χ4n) is 4.38. The minimum absolute atomic E-state index is 0.333. The fraction of sp³-hybridized carbons (Fsp3) is 0.526. The largest absolute Gasteiger partial charge is 0.480 e. The molecule has 25 heavy (non-hydrogen) atoms. The van der Waals surface area contributed by atoms with E-state index in [2.05, 4.69) is 15.0 Å². The Balaban J connectivity index is 1.48. The second kappa shape index (κ2) is 6.96. The molecule has 0 bridgehead atoms. The minimum Gasteiger partial charge on any atom is -0.480 e. The number of hydrogen-bond donors (Lipinski definition) is 1. The summed E-state index contributed by atoms with van der Waals surface area (Å²) in [6, 6.07) is 9.91. The number of hydrogen-bond acceptors (Lipinski definition) is 5. The van der Waals surface area contributed by atoms with E-state index < -0.39 is 12.0 Å². The Kier molecular flexibility index (Phi) is 4.53. The van der Waals surface area contributed by atoms with Crippen LogP contribution in [0.25, 0.3) is 0 Å². The number of benzene rings is 1. The number of aromatic nitrogens is 2. The molecule has 4 rings (SSSR count). The van der Waals surface area contributed by atoms with E-state index in [1.54, 1.807) is 0 Å². The van der Waals surface area contributed by atoms with Gasteiger partial charge in [-0.15, -0.1) is 0 Å². The van der Waals surface area contributed by atoms with Crippen molar-refractivity contribution in [3.8, 4) is 0 Å². The fourth-order valence-corrected chi connectivity index (χ4v) is 4.38. The highest BCUT2D eigenvalue weighted by Gasteiger charge is 2.45. The van der Waals surface area contributed by atoms with Crippen LogP contribution in [-0.4, -0.2) is 38.2 Å². The molecule has 2 aromatic rings. The van der Waals surface area contributed by atoms with Gasteiger partial charge in [-0.1, -0.05) is 48.3 Å². The summed E-state index contributed by atoms with van der Waals surface area (Å²) in [7, 11) is 0. The van der Waals surface area contributed by atoms with Gasteiger partial charge in [-0.3, -0.25) is 9.69 Å². The number of carbonyl (C=O) groups is 1. The third-order valence-corrected chi connectivity index (χ3v) is 5.54. The van der Waals surface area contributed by atoms with Crippen molar-refractivity contribution in [2.75, 3.05) is 0 Å². The summed E-state index contributed by atoms with van der Waals surface area (Å²) in [5, 5.41) is 13.7. The Hall–Kier alpha value is -2.21. The van der Waals surface area contributed by atoms with E-state index in [4.69, 9.17) is 4.52 Å². The molecule has 132 valence electrons. The average Bonchev–Trinajstić information content (AvgIpc) is 3.21. The second-order valence-corrected chi connectivity index (χ2v) is 7.14. The number of nitrogens with zero attached hydrogens (tertiary/aromatic N) is 3. The molecule has 1 aromatic heterocycles. The average molecular weight is 341 g/mol. The molecule has 0 radical (unpaired) electrons. The molecular formula is C19H23N3O3. The molecule has 0 spiro atoms. The molecule has 1 aliphatic carbocycles. The van der Waals surface area contributed by atoms with Gasteiger partial charge in [0.1, 0.15) is 6.04 Å². The van der Waals surface area contributed by atoms with Crippen LogP contribution in [-0.2, 0) is 17.8 Å². The van der Waals surface area contributed by atoms with Crippen molar-refractivity contribution in [3.05, 3.63) is 47.6 Å². The van der Waals surface area contributed by atoms with Gasteiger partial charge in [0.05, 0.1) is 6.54 Å². The molecule has 1 aliphatic heterocycles. The third-order valence-electron chi connectivity index (χ3n) is 5.54. The third kappa shape index (κ3) is 3.44. The molecule has 1 saturated heterocycles. The summed E-state index contributed by atoms with van der Waals surface area (Å²) >= 11 is 0. The van der Waals surface area contributed by atoms with Crippen molar-refractivity contribution < 1.29 is 14.4 Å². The standard InChI is InChI=1S/C19H23N3O3/c23-19(24)16-11-14-8-4-5-9-15(14)22(16)12-18-20-17(21-25-18)10-13-6-2-1-3-7-13/h1-3,6-7,14-16H,4-5,8-12H2,(H,23,24). The number of likely N-dealkylation sites (tertiary alicyclic amines) is 1. The van der Waals surface area contributed by atoms with E-state index in [9.17, 15) is 9.90 Å². The lowest BCUT2D eigenvalue weighted by Gasteiger charge is -2.31. The van der Waals surface area contributed by atoms with Crippen molar-refractivity contribution in [2.24, 2.45) is 5.92 Å². The number of fused-ring (bicyclic) bond motifs is 1. The van der Waals surface area contributed by atoms with Crippen LogP contribution in [0.1, 0.15) is 49.4 Å². The zero-order valence-electron chi connectivity index (χ0n) is 14.2. The predicted molar refractivity (Wildman–Crippen MR) is 90.9 cm³/mol. The van der Waals surface area contributed by atoms with Gasteiger partial charge >= 0.3 is 5.97 Å². The quantitative estimate of drug-likeness (QED) is 0.901. The lowest BCUT2D eigenvalue weighted by atomic mass is 9.85. The molecular weight excluding hydrogens is 318 g/mol. The van der Waals surface area contributed by atoms with Crippen LogP contribution >= 0.6 is 0 Å². The van der Waals surface area contributed by atoms with Crippen molar-refractivity contribution >= 4 is 5.97 Å². The maximum atomic E-state index is 11.7. The highest BCUT2D eigenvalue weighted by atomic mass is 16.5. The number of carboxylic acid groups (broad SMARTS) is 1. The Labute approximate surface area is 146 Å². The van der Waals surface area contributed by atoms with E-state index in [-0.39, 0.29) is 0 Å². The van der Waals surface area contributed by atoms with Crippen molar-refractivity contribution in [1.82, 2.24) is 15.0 Å². The second-order valence-electron chi connectivity index (χ2n) is 7.14. The first-order chi connectivity index (χ1) is 12.2. The van der Waals surface area contributed by atoms with E-state index in [1.165, 1.54) is 12.8 Å². The van der Waals surface area contributed by atoms with Gasteiger partial charge in [0.2, 0.25) is 5.89 Å². The van der Waals surface area contributed by atoms with Crippen molar-refractivity contribution in [3.63, 3.8) is 0 Å². The summed E-state index contributed by atoms with van der Waals surface area (Å²) in [5.41, 5.74) is 1.13. The highest BCUT2D eigenvalue weighted by Crippen LogP contribution is 2.40. The molecule has 2 heterocycles. The first-order valence-corrected chi connectivity index (χ1v) is 9.04. The van der Waals surface area contributed by atoms with E-state index in [1.807, 2.05) is 30.3 Å². The van der Waals surface area contributed by atoms with E-state index >= 15 is 0 Å². The molecule has 6 heteroatoms. The van der Waals surface area contributed by atoms with Gasteiger partial charge in [-0.05, 0) is 30.7 Å². The summed E-state index contributed by atoms with van der Waals surface area (Å²) in [4.78, 5) is 18.2. The molecule has 6 nitrogen and oxygen atoms in total. The topological polar surface area (TPSA) is 79.5 Å². The molecule has 0 amide bonds. The van der Waals surface area contributed by atoms with Crippen LogP contribution in [0.2, 0.25) is 0 Å². The van der Waals surface area contributed by atoms with Crippen molar-refractivity contribution in [1.29, 1.82) is 0 Å².